The van der Waals surface area contributed by atoms with Crippen molar-refractivity contribution in [1.29, 1.82) is 0 Å². The van der Waals surface area contributed by atoms with Crippen LogP contribution in [0.2, 0.25) is 0 Å². The highest BCUT2D eigenvalue weighted by atomic mass is 16.6. The second-order valence-corrected chi connectivity index (χ2v) is 4.81. The average molecular weight is 247 g/mol. The molecule has 0 N–H and O–H groups in total. The Kier molecular flexibility index (Phi) is 3.65. The largest absolute Gasteiger partial charge is 0.447 e. The Morgan fingerprint density at radius 2 is 2.06 bits per heavy atom. The molecule has 1 aromatic carbocycles. The summed E-state index contributed by atoms with van der Waals surface area (Å²) in [6.45, 7) is 4.27. The molecule has 18 heavy (non-hydrogen) atoms. The smallest absolute Gasteiger partial charge is 0.416 e. The van der Waals surface area contributed by atoms with Crippen molar-refractivity contribution < 1.29 is 14.3 Å². The zero-order chi connectivity index (χ0) is 13.1. The summed E-state index contributed by atoms with van der Waals surface area (Å²) < 4.78 is 4.96. The molecule has 4 nitrogen and oxygen atoms in total. The molecular weight excluding hydrogens is 230 g/mol. The highest BCUT2D eigenvalue weighted by molar-refractivity contribution is 5.94. The van der Waals surface area contributed by atoms with E-state index in [-0.39, 0.29) is 24.3 Å². The van der Waals surface area contributed by atoms with E-state index in [4.69, 9.17) is 4.74 Å². The van der Waals surface area contributed by atoms with Crippen LogP contribution >= 0.6 is 0 Å². The summed E-state index contributed by atoms with van der Waals surface area (Å²) in [7, 11) is 0. The Hall–Kier alpha value is -1.84. The second kappa shape index (κ2) is 5.21. The van der Waals surface area contributed by atoms with Crippen LogP contribution in [0.5, 0.6) is 0 Å². The maximum atomic E-state index is 12.2. The van der Waals surface area contributed by atoms with Gasteiger partial charge in [0, 0.05) is 0 Å². The number of carbonyl (C=O) groups is 2. The Bertz CT molecular complexity index is 442. The van der Waals surface area contributed by atoms with Crippen molar-refractivity contribution in [3.8, 4) is 0 Å². The second-order valence-electron chi connectivity index (χ2n) is 4.81. The summed E-state index contributed by atoms with van der Waals surface area (Å²) in [5.74, 6) is 0.0126. The van der Waals surface area contributed by atoms with Gasteiger partial charge in [-0.25, -0.2) is 9.69 Å². The molecule has 0 bridgehead atoms. The van der Waals surface area contributed by atoms with Crippen molar-refractivity contribution in [3.05, 3.63) is 35.9 Å². The molecule has 0 saturated carbocycles. The fourth-order valence-electron chi connectivity index (χ4n) is 2.07. The number of cyclic esters (lactones) is 1. The van der Waals surface area contributed by atoms with E-state index in [0.29, 0.717) is 6.61 Å². The first kappa shape index (κ1) is 12.6. The third kappa shape index (κ3) is 2.53. The number of rotatable bonds is 3. The van der Waals surface area contributed by atoms with Crippen molar-refractivity contribution in [3.63, 3.8) is 0 Å². The van der Waals surface area contributed by atoms with Gasteiger partial charge in [0.2, 0.25) is 5.91 Å². The van der Waals surface area contributed by atoms with Crippen LogP contribution in [0.1, 0.15) is 19.4 Å². The molecule has 0 radical (unpaired) electrons. The van der Waals surface area contributed by atoms with E-state index in [9.17, 15) is 9.59 Å². The van der Waals surface area contributed by atoms with Gasteiger partial charge in [0.15, 0.2) is 0 Å². The highest BCUT2D eigenvalue weighted by Crippen LogP contribution is 2.20. The topological polar surface area (TPSA) is 46.6 Å². The van der Waals surface area contributed by atoms with Gasteiger partial charge in [0.1, 0.15) is 6.61 Å². The number of hydrogen-bond donors (Lipinski definition) is 0. The highest BCUT2D eigenvalue weighted by Gasteiger charge is 2.39. The van der Waals surface area contributed by atoms with Gasteiger partial charge in [-0.2, -0.15) is 0 Å². The minimum atomic E-state index is -0.519. The van der Waals surface area contributed by atoms with E-state index in [1.54, 1.807) is 0 Å². The lowest BCUT2D eigenvalue weighted by Gasteiger charge is -2.22. The Morgan fingerprint density at radius 3 is 2.67 bits per heavy atom. The molecule has 1 aliphatic rings. The standard InChI is InChI=1S/C14H17NO3/c1-10(2)12-9-18-14(17)15(12)13(16)8-11-6-4-3-5-7-11/h3-7,10,12H,8-9H2,1-2H3/t12-/m0/s1. The predicted molar refractivity (Wildman–Crippen MR) is 67.0 cm³/mol. The van der Waals surface area contributed by atoms with Crippen molar-refractivity contribution in [2.24, 2.45) is 5.92 Å². The molecule has 2 amide bonds. The number of hydrogen-bond acceptors (Lipinski definition) is 3. The van der Waals surface area contributed by atoms with Crippen molar-refractivity contribution in [1.82, 2.24) is 4.90 Å². The molecule has 0 aromatic heterocycles. The maximum absolute atomic E-state index is 12.2. The van der Waals surface area contributed by atoms with E-state index >= 15 is 0 Å². The van der Waals surface area contributed by atoms with Crippen LogP contribution in [0, 0.1) is 5.92 Å². The molecule has 1 atom stereocenters. The lowest BCUT2D eigenvalue weighted by atomic mass is 10.0. The van der Waals surface area contributed by atoms with Gasteiger partial charge in [0.05, 0.1) is 12.5 Å². The molecule has 1 aromatic rings. The molecule has 1 heterocycles. The van der Waals surface area contributed by atoms with Crippen LogP contribution in [0.15, 0.2) is 30.3 Å². The summed E-state index contributed by atoms with van der Waals surface area (Å²) in [6.07, 6.45) is -0.284. The molecule has 2 rings (SSSR count). The van der Waals surface area contributed by atoms with Crippen LogP contribution in [-0.2, 0) is 16.0 Å². The molecule has 0 spiro atoms. The van der Waals surface area contributed by atoms with Gasteiger partial charge >= 0.3 is 6.09 Å². The van der Waals surface area contributed by atoms with Gasteiger partial charge in [-0.1, -0.05) is 44.2 Å². The molecule has 4 heteroatoms. The minimum Gasteiger partial charge on any atom is -0.447 e. The van der Waals surface area contributed by atoms with Crippen LogP contribution < -0.4 is 0 Å². The number of amides is 2. The Labute approximate surface area is 107 Å². The monoisotopic (exact) mass is 247 g/mol. The van der Waals surface area contributed by atoms with E-state index in [2.05, 4.69) is 0 Å². The zero-order valence-electron chi connectivity index (χ0n) is 10.6. The fourth-order valence-corrected chi connectivity index (χ4v) is 2.07. The molecule has 1 saturated heterocycles. The summed E-state index contributed by atoms with van der Waals surface area (Å²) in [5.41, 5.74) is 0.907. The third-order valence-corrected chi connectivity index (χ3v) is 3.14. The summed E-state index contributed by atoms with van der Waals surface area (Å²) >= 11 is 0. The first-order valence-electron chi connectivity index (χ1n) is 6.12. The Morgan fingerprint density at radius 1 is 1.39 bits per heavy atom. The van der Waals surface area contributed by atoms with Crippen LogP contribution in [-0.4, -0.2) is 29.5 Å². The minimum absolute atomic E-state index is 0.145. The average Bonchev–Trinajstić information content (AvgIpc) is 2.72. The van der Waals surface area contributed by atoms with E-state index < -0.39 is 6.09 Å². The molecule has 0 unspecified atom stereocenters. The predicted octanol–water partition coefficient (Wildman–Crippen LogP) is 2.23. The van der Waals surface area contributed by atoms with E-state index in [0.717, 1.165) is 5.56 Å². The summed E-state index contributed by atoms with van der Waals surface area (Å²) in [5, 5.41) is 0. The first-order valence-corrected chi connectivity index (χ1v) is 6.12. The number of imide groups is 1. The fraction of sp³-hybridized carbons (Fsp3) is 0.429. The zero-order valence-corrected chi connectivity index (χ0v) is 10.6. The number of nitrogens with zero attached hydrogens (tertiary/aromatic N) is 1. The molecule has 0 aliphatic carbocycles. The van der Waals surface area contributed by atoms with Gasteiger partial charge in [0.25, 0.3) is 0 Å². The van der Waals surface area contributed by atoms with Crippen LogP contribution in [0.25, 0.3) is 0 Å². The lowest BCUT2D eigenvalue weighted by Crippen LogP contribution is -2.42. The summed E-state index contributed by atoms with van der Waals surface area (Å²) in [4.78, 5) is 25.0. The van der Waals surface area contributed by atoms with Crippen LogP contribution in [0.4, 0.5) is 4.79 Å². The molecule has 1 fully saturated rings. The van der Waals surface area contributed by atoms with Gasteiger partial charge in [-0.3, -0.25) is 4.79 Å². The van der Waals surface area contributed by atoms with Gasteiger partial charge in [-0.05, 0) is 11.5 Å². The van der Waals surface area contributed by atoms with Gasteiger partial charge in [-0.15, -0.1) is 0 Å². The quantitative estimate of drug-likeness (QED) is 0.822. The SMILES string of the molecule is CC(C)[C@@H]1COC(=O)N1C(=O)Cc1ccccc1. The van der Waals surface area contributed by atoms with Crippen molar-refractivity contribution in [2.75, 3.05) is 6.61 Å². The van der Waals surface area contributed by atoms with Crippen LogP contribution in [0.3, 0.4) is 0 Å². The number of carbonyl (C=O) groups excluding carboxylic acids is 2. The normalized spacial score (nSPS) is 19.2. The lowest BCUT2D eigenvalue weighted by molar-refractivity contribution is -0.129. The summed E-state index contributed by atoms with van der Waals surface area (Å²) in [6, 6.07) is 9.27. The number of benzene rings is 1. The third-order valence-electron chi connectivity index (χ3n) is 3.14. The van der Waals surface area contributed by atoms with E-state index in [1.165, 1.54) is 4.90 Å². The van der Waals surface area contributed by atoms with Gasteiger partial charge < -0.3 is 4.74 Å². The first-order chi connectivity index (χ1) is 8.59. The number of ether oxygens (including phenoxy) is 1. The molecule has 96 valence electrons. The van der Waals surface area contributed by atoms with Crippen molar-refractivity contribution in [2.45, 2.75) is 26.3 Å². The van der Waals surface area contributed by atoms with Crippen molar-refractivity contribution >= 4 is 12.0 Å². The Balaban J connectivity index is 2.10. The van der Waals surface area contributed by atoms with E-state index in [1.807, 2.05) is 44.2 Å². The molecule has 1 aliphatic heterocycles. The molecular formula is C14H17NO3. The maximum Gasteiger partial charge on any atom is 0.416 e.